The lowest BCUT2D eigenvalue weighted by Gasteiger charge is -2.18. The van der Waals surface area contributed by atoms with Crippen molar-refractivity contribution < 1.29 is 9.90 Å². The van der Waals surface area contributed by atoms with Gasteiger partial charge in [-0.1, -0.05) is 26.0 Å². The van der Waals surface area contributed by atoms with Crippen LogP contribution in [0.2, 0.25) is 0 Å². The van der Waals surface area contributed by atoms with Gasteiger partial charge < -0.3 is 10.4 Å². The summed E-state index contributed by atoms with van der Waals surface area (Å²) in [5, 5.41) is 12.1. The number of benzene rings is 1. The summed E-state index contributed by atoms with van der Waals surface area (Å²) in [5.41, 5.74) is 1.49. The zero-order valence-electron chi connectivity index (χ0n) is 10.8. The molecule has 0 saturated carbocycles. The average molecular weight is 270 g/mol. The second-order valence-corrected chi connectivity index (χ2v) is 5.08. The Morgan fingerprint density at radius 3 is 2.72 bits per heavy atom. The summed E-state index contributed by atoms with van der Waals surface area (Å²) in [7, 11) is 0. The number of carbonyl (C=O) groups is 1. The van der Waals surface area contributed by atoms with E-state index < -0.39 is 0 Å². The number of amides is 1. The van der Waals surface area contributed by atoms with E-state index in [0.717, 1.165) is 12.0 Å². The maximum Gasteiger partial charge on any atom is 0.251 e. The fourth-order valence-corrected chi connectivity index (χ4v) is 1.98. The highest BCUT2D eigenvalue weighted by Gasteiger charge is 2.14. The molecule has 0 aliphatic rings. The van der Waals surface area contributed by atoms with Crippen LogP contribution in [0.25, 0.3) is 0 Å². The van der Waals surface area contributed by atoms with Crippen LogP contribution in [0.15, 0.2) is 24.3 Å². The van der Waals surface area contributed by atoms with Gasteiger partial charge in [-0.3, -0.25) is 4.79 Å². The topological polar surface area (TPSA) is 49.3 Å². The smallest absolute Gasteiger partial charge is 0.251 e. The molecule has 1 aromatic carbocycles. The van der Waals surface area contributed by atoms with Gasteiger partial charge in [-0.05, 0) is 30.0 Å². The van der Waals surface area contributed by atoms with Gasteiger partial charge in [0.05, 0.1) is 12.6 Å². The van der Waals surface area contributed by atoms with Crippen molar-refractivity contribution in [2.24, 2.45) is 5.92 Å². The Hall–Kier alpha value is -1.06. The Bertz CT molecular complexity index is 393. The minimum atomic E-state index is -0.197. The molecule has 1 aromatic rings. The van der Waals surface area contributed by atoms with Crippen LogP contribution in [0.3, 0.4) is 0 Å². The molecule has 1 rings (SSSR count). The highest BCUT2D eigenvalue weighted by Crippen LogP contribution is 2.09. The number of rotatable bonds is 6. The first-order chi connectivity index (χ1) is 8.56. The second-order valence-electron chi connectivity index (χ2n) is 4.82. The van der Waals surface area contributed by atoms with Crippen LogP contribution < -0.4 is 5.32 Å². The van der Waals surface area contributed by atoms with Gasteiger partial charge in [0.2, 0.25) is 0 Å². The van der Waals surface area contributed by atoms with Gasteiger partial charge >= 0.3 is 0 Å². The van der Waals surface area contributed by atoms with E-state index in [1.54, 1.807) is 12.1 Å². The molecular weight excluding hydrogens is 250 g/mol. The van der Waals surface area contributed by atoms with E-state index >= 15 is 0 Å². The van der Waals surface area contributed by atoms with Gasteiger partial charge in [0.15, 0.2) is 0 Å². The average Bonchev–Trinajstić information content (AvgIpc) is 2.37. The summed E-state index contributed by atoms with van der Waals surface area (Å²) in [6.07, 6.45) is 0.761. The molecule has 0 spiro atoms. The maximum atomic E-state index is 12.0. The third-order valence-electron chi connectivity index (χ3n) is 2.66. The van der Waals surface area contributed by atoms with Gasteiger partial charge in [0.1, 0.15) is 0 Å². The minimum Gasteiger partial charge on any atom is -0.394 e. The molecule has 4 heteroatoms. The Balaban J connectivity index is 2.68. The van der Waals surface area contributed by atoms with E-state index in [9.17, 15) is 9.90 Å². The van der Waals surface area contributed by atoms with E-state index in [1.807, 2.05) is 12.1 Å². The van der Waals surface area contributed by atoms with Gasteiger partial charge in [-0.25, -0.2) is 0 Å². The zero-order chi connectivity index (χ0) is 13.5. The molecule has 100 valence electrons. The SMILES string of the molecule is CC(C)CC(CO)NC(=O)c1cccc(CCl)c1. The van der Waals surface area contributed by atoms with E-state index in [0.29, 0.717) is 17.4 Å². The Kier molecular flexibility index (Phi) is 6.16. The molecule has 0 bridgehead atoms. The van der Waals surface area contributed by atoms with E-state index in [2.05, 4.69) is 19.2 Å². The van der Waals surface area contributed by atoms with Crippen molar-refractivity contribution in [3.05, 3.63) is 35.4 Å². The predicted molar refractivity (Wildman–Crippen MR) is 73.8 cm³/mol. The Labute approximate surface area is 113 Å². The number of hydrogen-bond donors (Lipinski definition) is 2. The lowest BCUT2D eigenvalue weighted by atomic mass is 10.0. The molecule has 0 aliphatic heterocycles. The van der Waals surface area contributed by atoms with Crippen LogP contribution in [-0.4, -0.2) is 23.7 Å². The summed E-state index contributed by atoms with van der Waals surface area (Å²) in [6, 6.07) is 7.00. The van der Waals surface area contributed by atoms with Crippen LogP contribution in [0.1, 0.15) is 36.2 Å². The number of alkyl halides is 1. The number of aliphatic hydroxyl groups is 1. The number of aliphatic hydroxyl groups excluding tert-OH is 1. The highest BCUT2D eigenvalue weighted by atomic mass is 35.5. The lowest BCUT2D eigenvalue weighted by Crippen LogP contribution is -2.38. The third-order valence-corrected chi connectivity index (χ3v) is 2.96. The quantitative estimate of drug-likeness (QED) is 0.780. The molecule has 3 nitrogen and oxygen atoms in total. The van der Waals surface area contributed by atoms with Crippen molar-refractivity contribution in [1.29, 1.82) is 0 Å². The van der Waals surface area contributed by atoms with Crippen LogP contribution in [0.4, 0.5) is 0 Å². The molecular formula is C14H20ClNO2. The molecule has 0 heterocycles. The fourth-order valence-electron chi connectivity index (χ4n) is 1.81. The standard InChI is InChI=1S/C14H20ClNO2/c1-10(2)6-13(9-17)16-14(18)12-5-3-4-11(7-12)8-15/h3-5,7,10,13,17H,6,8-9H2,1-2H3,(H,16,18). The normalized spacial score (nSPS) is 12.5. The largest absolute Gasteiger partial charge is 0.394 e. The fraction of sp³-hybridized carbons (Fsp3) is 0.500. The molecule has 0 fully saturated rings. The summed E-state index contributed by atoms with van der Waals surface area (Å²) < 4.78 is 0. The molecule has 1 unspecified atom stereocenters. The van der Waals surface area contributed by atoms with Gasteiger partial charge in [0, 0.05) is 11.4 Å². The van der Waals surface area contributed by atoms with E-state index in [-0.39, 0.29) is 18.6 Å². The third kappa shape index (κ3) is 4.67. The molecule has 0 saturated heterocycles. The zero-order valence-corrected chi connectivity index (χ0v) is 11.6. The van der Waals surface area contributed by atoms with Crippen molar-refractivity contribution in [2.75, 3.05) is 6.61 Å². The second kappa shape index (κ2) is 7.39. The minimum absolute atomic E-state index is 0.0425. The summed E-state index contributed by atoms with van der Waals surface area (Å²) >= 11 is 5.73. The molecule has 0 aromatic heterocycles. The molecule has 1 amide bonds. The summed E-state index contributed by atoms with van der Waals surface area (Å²) in [6.45, 7) is 4.07. The Morgan fingerprint density at radius 2 is 2.17 bits per heavy atom. The van der Waals surface area contributed by atoms with Gasteiger partial charge in [0.25, 0.3) is 5.91 Å². The summed E-state index contributed by atoms with van der Waals surface area (Å²) in [5.74, 6) is 0.648. The van der Waals surface area contributed by atoms with Crippen molar-refractivity contribution in [3.8, 4) is 0 Å². The number of hydrogen-bond acceptors (Lipinski definition) is 2. The van der Waals surface area contributed by atoms with Crippen molar-refractivity contribution in [1.82, 2.24) is 5.32 Å². The Morgan fingerprint density at radius 1 is 1.44 bits per heavy atom. The number of halogens is 1. The van der Waals surface area contributed by atoms with Crippen LogP contribution >= 0.6 is 11.6 Å². The van der Waals surface area contributed by atoms with Crippen molar-refractivity contribution >= 4 is 17.5 Å². The van der Waals surface area contributed by atoms with Crippen molar-refractivity contribution in [3.63, 3.8) is 0 Å². The first-order valence-electron chi connectivity index (χ1n) is 6.13. The molecule has 1 atom stereocenters. The maximum absolute atomic E-state index is 12.0. The van der Waals surface area contributed by atoms with Gasteiger partial charge in [-0.15, -0.1) is 11.6 Å². The van der Waals surface area contributed by atoms with Crippen LogP contribution in [0, 0.1) is 5.92 Å². The lowest BCUT2D eigenvalue weighted by molar-refractivity contribution is 0.0908. The molecule has 18 heavy (non-hydrogen) atoms. The molecule has 0 radical (unpaired) electrons. The van der Waals surface area contributed by atoms with Gasteiger partial charge in [-0.2, -0.15) is 0 Å². The van der Waals surface area contributed by atoms with Crippen LogP contribution in [-0.2, 0) is 5.88 Å². The predicted octanol–water partition coefficient (Wildman–Crippen LogP) is 2.56. The first-order valence-corrected chi connectivity index (χ1v) is 6.67. The van der Waals surface area contributed by atoms with E-state index in [1.165, 1.54) is 0 Å². The first kappa shape index (κ1) is 15.0. The van der Waals surface area contributed by atoms with E-state index in [4.69, 9.17) is 11.6 Å². The molecule has 0 aliphatic carbocycles. The van der Waals surface area contributed by atoms with Crippen molar-refractivity contribution in [2.45, 2.75) is 32.2 Å². The summed E-state index contributed by atoms with van der Waals surface area (Å²) in [4.78, 5) is 12.0. The highest BCUT2D eigenvalue weighted by molar-refractivity contribution is 6.17. The molecule has 2 N–H and O–H groups in total. The number of nitrogens with one attached hydrogen (secondary N) is 1. The number of carbonyl (C=O) groups excluding carboxylic acids is 1. The monoisotopic (exact) mass is 269 g/mol. The van der Waals surface area contributed by atoms with Crippen LogP contribution in [0.5, 0.6) is 0 Å².